The van der Waals surface area contributed by atoms with Crippen molar-refractivity contribution in [2.24, 2.45) is 9.98 Å². The third-order valence-electron chi connectivity index (χ3n) is 8.11. The van der Waals surface area contributed by atoms with Gasteiger partial charge in [0, 0.05) is 12.4 Å². The molecule has 4 aromatic carbocycles. The lowest BCUT2D eigenvalue weighted by molar-refractivity contribution is 0.475. The summed E-state index contributed by atoms with van der Waals surface area (Å²) < 4.78 is 31.7. The highest BCUT2D eigenvalue weighted by Gasteiger charge is 2.38. The number of phenols is 1. The molecule has 0 saturated carbocycles. The van der Waals surface area contributed by atoms with Gasteiger partial charge in [-0.2, -0.15) is 11.1 Å². The zero-order chi connectivity index (χ0) is 35.5. The molecule has 4 rings (SSSR count). The Bertz CT molecular complexity index is 1510. The van der Waals surface area contributed by atoms with E-state index in [1.165, 1.54) is 24.3 Å². The fraction of sp³-hybridized carbons (Fsp3) is 0.316. The first-order valence-corrected chi connectivity index (χ1v) is 22.4. The number of aromatic hydroxyl groups is 1. The third kappa shape index (κ3) is 14.4. The van der Waals surface area contributed by atoms with Crippen LogP contribution in [0.3, 0.4) is 0 Å². The van der Waals surface area contributed by atoms with Gasteiger partial charge in [-0.05, 0) is 131 Å². The summed E-state index contributed by atoms with van der Waals surface area (Å²) in [4.78, 5) is 8.51. The van der Waals surface area contributed by atoms with Crippen molar-refractivity contribution in [3.63, 3.8) is 0 Å². The van der Waals surface area contributed by atoms with Crippen molar-refractivity contribution in [3.8, 4) is 11.5 Å². The molecule has 0 aliphatic carbocycles. The molecule has 0 fully saturated rings. The lowest BCUT2D eigenvalue weighted by Crippen LogP contribution is -2.43. The normalized spacial score (nSPS) is 12.3. The molecule has 0 aliphatic rings. The number of nitrogens with zero attached hydrogens (tertiary/aromatic N) is 2. The molecule has 252 valence electrons. The van der Waals surface area contributed by atoms with E-state index in [-0.39, 0.29) is 22.4 Å². The highest BCUT2D eigenvalue weighted by atomic mass is 35.6. The summed E-state index contributed by atoms with van der Waals surface area (Å²) in [5.41, 5.74) is 3.28. The minimum Gasteiger partial charge on any atom is -0.544 e. The van der Waals surface area contributed by atoms with Crippen molar-refractivity contribution in [2.45, 2.75) is 77.8 Å². The summed E-state index contributed by atoms with van der Waals surface area (Å²) in [6.07, 6.45) is 3.43. The van der Waals surface area contributed by atoms with Gasteiger partial charge in [-0.15, -0.1) is 0 Å². The van der Waals surface area contributed by atoms with Crippen molar-refractivity contribution in [1.82, 2.24) is 0 Å². The monoisotopic (exact) mass is 694 g/mol. The van der Waals surface area contributed by atoms with Crippen LogP contribution in [0.5, 0.6) is 11.5 Å². The standard InChI is InChI=1S/C19H24FNOSi.C13H10FNO.C6H15ClSi/c1-19(2,3)23(4,5)22-18-12-6-15(7-13-18)14-21-17-10-8-16(20)9-11-17;14-11-3-5-12(6-4-11)15-9-10-1-7-13(16)8-2-10;1-6(2,3)8(4,5)7/h6-14H,1-5H3;1-9,16H;1-5H3. The number of aliphatic imine (C=N–C) groups is 2. The molecule has 1 N–H and O–H groups in total. The van der Waals surface area contributed by atoms with Crippen LogP contribution in [-0.4, -0.2) is 33.2 Å². The van der Waals surface area contributed by atoms with E-state index >= 15 is 0 Å². The van der Waals surface area contributed by atoms with Crippen molar-refractivity contribution < 1.29 is 18.3 Å². The van der Waals surface area contributed by atoms with E-state index in [4.69, 9.17) is 20.6 Å². The van der Waals surface area contributed by atoms with Crippen LogP contribution < -0.4 is 4.43 Å². The van der Waals surface area contributed by atoms with Gasteiger partial charge in [-0.25, -0.2) is 8.78 Å². The Morgan fingerprint density at radius 3 is 1.26 bits per heavy atom. The first-order valence-electron chi connectivity index (χ1n) is 15.5. The summed E-state index contributed by atoms with van der Waals surface area (Å²) in [6.45, 7) is 22.1. The third-order valence-corrected chi connectivity index (χ3v) is 17.7. The molecule has 0 atom stereocenters. The highest BCUT2D eigenvalue weighted by Crippen LogP contribution is 2.38. The second kappa shape index (κ2) is 17.0. The van der Waals surface area contributed by atoms with Gasteiger partial charge in [0.1, 0.15) is 23.1 Å². The van der Waals surface area contributed by atoms with E-state index in [0.717, 1.165) is 22.6 Å². The minimum absolute atomic E-state index is 0.176. The van der Waals surface area contributed by atoms with Crippen molar-refractivity contribution in [1.29, 1.82) is 0 Å². The second-order valence-corrected chi connectivity index (χ2v) is 26.2. The maximum atomic E-state index is 12.9. The molecule has 0 heterocycles. The number of phenolic OH excluding ortho intramolecular Hbond substituents is 1. The summed E-state index contributed by atoms with van der Waals surface area (Å²) in [5.74, 6) is 0.592. The predicted molar refractivity (Wildman–Crippen MR) is 203 cm³/mol. The molecule has 0 amide bonds. The van der Waals surface area contributed by atoms with Crippen molar-refractivity contribution in [2.75, 3.05) is 0 Å². The summed E-state index contributed by atoms with van der Waals surface area (Å²) >= 11 is 6.15. The summed E-state index contributed by atoms with van der Waals surface area (Å²) in [6, 6.07) is 26.7. The van der Waals surface area contributed by atoms with Gasteiger partial charge in [0.2, 0.25) is 8.32 Å². The number of halogens is 3. The van der Waals surface area contributed by atoms with E-state index in [1.54, 1.807) is 61.0 Å². The van der Waals surface area contributed by atoms with Gasteiger partial charge in [-0.1, -0.05) is 54.6 Å². The summed E-state index contributed by atoms with van der Waals surface area (Å²) in [5, 5.41) is 9.60. The Morgan fingerprint density at radius 1 is 0.596 bits per heavy atom. The van der Waals surface area contributed by atoms with Crippen molar-refractivity contribution in [3.05, 3.63) is 120 Å². The molecule has 9 heteroatoms. The van der Waals surface area contributed by atoms with E-state index in [9.17, 15) is 8.78 Å². The minimum atomic E-state index is -1.81. The maximum Gasteiger partial charge on any atom is 0.250 e. The second-order valence-electron chi connectivity index (χ2n) is 14.2. The van der Waals surface area contributed by atoms with Crippen molar-refractivity contribution >= 4 is 50.6 Å². The lowest BCUT2D eigenvalue weighted by atomic mass is 10.2. The average Bonchev–Trinajstić information content (AvgIpc) is 2.97. The van der Waals surface area contributed by atoms with Gasteiger partial charge in [0.25, 0.3) is 0 Å². The number of hydrogen-bond donors (Lipinski definition) is 1. The fourth-order valence-electron chi connectivity index (χ4n) is 2.98. The predicted octanol–water partition coefficient (Wildman–Crippen LogP) is 12.5. The maximum absolute atomic E-state index is 12.9. The number of rotatable bonds is 6. The average molecular weight is 695 g/mol. The van der Waals surface area contributed by atoms with Crippen LogP contribution >= 0.6 is 11.1 Å². The molecule has 0 unspecified atom stereocenters. The SMILES string of the molecule is CC(C)(C)[Si](C)(C)Cl.CC(C)(C)[Si](C)(C)Oc1ccc(C=Nc2ccc(F)cc2)cc1.Oc1ccc(C=Nc2ccc(F)cc2)cc1. The van der Waals surface area contributed by atoms with Crippen LogP contribution in [0.25, 0.3) is 0 Å². The molecule has 4 aromatic rings. The molecular weight excluding hydrogens is 646 g/mol. The Kier molecular flexibility index (Phi) is 14.3. The zero-order valence-electron chi connectivity index (χ0n) is 29.3. The fourth-order valence-corrected chi connectivity index (χ4v) is 4.01. The van der Waals surface area contributed by atoms with Crippen LogP contribution in [0.4, 0.5) is 20.2 Å². The quantitative estimate of drug-likeness (QED) is 0.124. The molecule has 0 saturated heterocycles. The number of benzene rings is 4. The van der Waals surface area contributed by atoms with Crippen LogP contribution in [0.1, 0.15) is 52.7 Å². The Hall–Kier alpha value is -3.60. The van der Waals surface area contributed by atoms with E-state index in [0.29, 0.717) is 10.7 Å². The largest absolute Gasteiger partial charge is 0.544 e. The van der Waals surface area contributed by atoms with Gasteiger partial charge < -0.3 is 9.53 Å². The Morgan fingerprint density at radius 2 is 0.936 bits per heavy atom. The highest BCUT2D eigenvalue weighted by molar-refractivity contribution is 7.20. The summed E-state index contributed by atoms with van der Waals surface area (Å²) in [7, 11) is -3.20. The molecule has 4 nitrogen and oxygen atoms in total. The first-order chi connectivity index (χ1) is 21.7. The molecular formula is C38H49ClF2N2O2Si2. The topological polar surface area (TPSA) is 54.2 Å². The lowest BCUT2D eigenvalue weighted by Gasteiger charge is -2.36. The van der Waals surface area contributed by atoms with Crippen LogP contribution in [0, 0.1) is 11.6 Å². The van der Waals surface area contributed by atoms with Gasteiger partial charge in [0.05, 0.1) is 11.4 Å². The molecule has 0 spiro atoms. The van der Waals surface area contributed by atoms with Gasteiger partial charge in [-0.3, -0.25) is 9.98 Å². The van der Waals surface area contributed by atoms with E-state index in [2.05, 4.69) is 77.7 Å². The number of hydrogen-bond acceptors (Lipinski definition) is 4. The van der Waals surface area contributed by atoms with Gasteiger partial charge >= 0.3 is 0 Å². The Labute approximate surface area is 287 Å². The molecule has 0 bridgehead atoms. The molecule has 0 radical (unpaired) electrons. The smallest absolute Gasteiger partial charge is 0.250 e. The van der Waals surface area contributed by atoms with E-state index < -0.39 is 15.7 Å². The van der Waals surface area contributed by atoms with E-state index in [1.807, 2.05) is 24.3 Å². The molecule has 47 heavy (non-hydrogen) atoms. The molecule has 0 aliphatic heterocycles. The van der Waals surface area contributed by atoms with Gasteiger partial charge in [0.15, 0.2) is 7.38 Å². The van der Waals surface area contributed by atoms with Crippen LogP contribution in [-0.2, 0) is 0 Å². The first kappa shape index (κ1) is 39.6. The van der Waals surface area contributed by atoms with Crippen LogP contribution in [0.2, 0.25) is 36.3 Å². The molecule has 0 aromatic heterocycles. The zero-order valence-corrected chi connectivity index (χ0v) is 32.0. The van der Waals surface area contributed by atoms with Crippen LogP contribution in [0.15, 0.2) is 107 Å². The Balaban J connectivity index is 0.000000276.